The molecule has 0 N–H and O–H groups in total. The summed E-state index contributed by atoms with van der Waals surface area (Å²) in [5.41, 5.74) is 11.5. The van der Waals surface area contributed by atoms with E-state index in [2.05, 4.69) is 115 Å². The summed E-state index contributed by atoms with van der Waals surface area (Å²) in [6.45, 7) is 0. The molecule has 2 heterocycles. The third kappa shape index (κ3) is 5.45. The van der Waals surface area contributed by atoms with Crippen LogP contribution in [-0.4, -0.2) is 15.0 Å². The maximum atomic E-state index is 6.14. The topological polar surface area (TPSA) is 51.8 Å². The molecular formula is C45H29N3O. The van der Waals surface area contributed by atoms with E-state index in [1.54, 1.807) is 0 Å². The van der Waals surface area contributed by atoms with E-state index in [4.69, 9.17) is 19.4 Å². The lowest BCUT2D eigenvalue weighted by molar-refractivity contribution is 0.669. The van der Waals surface area contributed by atoms with Crippen LogP contribution in [0.25, 0.3) is 89.5 Å². The zero-order valence-electron chi connectivity index (χ0n) is 26.5. The van der Waals surface area contributed by atoms with Crippen molar-refractivity contribution in [2.45, 2.75) is 0 Å². The second kappa shape index (κ2) is 12.2. The minimum Gasteiger partial charge on any atom is -0.456 e. The zero-order valence-corrected chi connectivity index (χ0v) is 26.5. The lowest BCUT2D eigenvalue weighted by Gasteiger charge is -2.10. The summed E-state index contributed by atoms with van der Waals surface area (Å²) in [6, 6.07) is 60.5. The number of furan rings is 1. The highest BCUT2D eigenvalue weighted by Crippen LogP contribution is 2.37. The number of hydrogen-bond acceptors (Lipinski definition) is 4. The first-order valence-corrected chi connectivity index (χ1v) is 16.4. The first-order valence-electron chi connectivity index (χ1n) is 16.4. The predicted octanol–water partition coefficient (Wildman–Crippen LogP) is 11.8. The van der Waals surface area contributed by atoms with E-state index in [9.17, 15) is 0 Å². The van der Waals surface area contributed by atoms with Gasteiger partial charge in [-0.3, -0.25) is 0 Å². The monoisotopic (exact) mass is 627 g/mol. The number of benzene rings is 7. The van der Waals surface area contributed by atoms with Crippen molar-refractivity contribution in [2.24, 2.45) is 0 Å². The Morgan fingerprint density at radius 3 is 1.22 bits per heavy atom. The highest BCUT2D eigenvalue weighted by Gasteiger charge is 2.15. The first-order chi connectivity index (χ1) is 24.3. The highest BCUT2D eigenvalue weighted by molar-refractivity contribution is 6.12. The lowest BCUT2D eigenvalue weighted by Crippen LogP contribution is -2.00. The van der Waals surface area contributed by atoms with Gasteiger partial charge < -0.3 is 4.42 Å². The van der Waals surface area contributed by atoms with Gasteiger partial charge in [0.05, 0.1) is 0 Å². The molecule has 0 fully saturated rings. The Morgan fingerprint density at radius 1 is 0.286 bits per heavy atom. The van der Waals surface area contributed by atoms with Gasteiger partial charge in [0, 0.05) is 27.5 Å². The Hall–Kier alpha value is -6.65. The summed E-state index contributed by atoms with van der Waals surface area (Å²) < 4.78 is 6.14. The Labute approximate surface area is 284 Å². The number of fused-ring (bicyclic) bond motifs is 3. The first kappa shape index (κ1) is 28.6. The molecular weight excluding hydrogens is 599 g/mol. The zero-order chi connectivity index (χ0) is 32.6. The Bertz CT molecular complexity index is 2560. The van der Waals surface area contributed by atoms with Gasteiger partial charge in [-0.2, -0.15) is 0 Å². The third-order valence-electron chi connectivity index (χ3n) is 8.99. The van der Waals surface area contributed by atoms with Gasteiger partial charge in [0.2, 0.25) is 0 Å². The summed E-state index contributed by atoms with van der Waals surface area (Å²) in [5.74, 6) is 1.90. The molecule has 0 aliphatic carbocycles. The smallest absolute Gasteiger partial charge is 0.164 e. The molecule has 230 valence electrons. The van der Waals surface area contributed by atoms with Crippen LogP contribution < -0.4 is 0 Å². The molecule has 0 unspecified atom stereocenters. The molecule has 49 heavy (non-hydrogen) atoms. The maximum Gasteiger partial charge on any atom is 0.164 e. The van der Waals surface area contributed by atoms with E-state index in [0.717, 1.165) is 60.9 Å². The average Bonchev–Trinajstić information content (AvgIpc) is 3.58. The molecule has 9 aromatic rings. The molecule has 0 saturated heterocycles. The molecule has 0 spiro atoms. The fraction of sp³-hybridized carbons (Fsp3) is 0. The van der Waals surface area contributed by atoms with E-state index in [1.807, 2.05) is 60.7 Å². The number of aromatic nitrogens is 3. The quantitative estimate of drug-likeness (QED) is 0.184. The molecule has 4 nitrogen and oxygen atoms in total. The van der Waals surface area contributed by atoms with Crippen LogP contribution in [0, 0.1) is 0 Å². The van der Waals surface area contributed by atoms with Crippen molar-refractivity contribution in [3.05, 3.63) is 176 Å². The number of para-hydroxylation sites is 1. The van der Waals surface area contributed by atoms with Crippen molar-refractivity contribution >= 4 is 21.9 Å². The van der Waals surface area contributed by atoms with Crippen LogP contribution in [0.5, 0.6) is 0 Å². The van der Waals surface area contributed by atoms with Crippen LogP contribution in [0.15, 0.2) is 180 Å². The van der Waals surface area contributed by atoms with Gasteiger partial charge in [-0.15, -0.1) is 0 Å². The summed E-state index contributed by atoms with van der Waals surface area (Å²) in [7, 11) is 0. The van der Waals surface area contributed by atoms with E-state index < -0.39 is 0 Å². The van der Waals surface area contributed by atoms with Gasteiger partial charge >= 0.3 is 0 Å². The molecule has 0 amide bonds. The van der Waals surface area contributed by atoms with Crippen LogP contribution in [0.3, 0.4) is 0 Å². The summed E-state index contributed by atoms with van der Waals surface area (Å²) in [6.07, 6.45) is 0. The largest absolute Gasteiger partial charge is 0.456 e. The van der Waals surface area contributed by atoms with Crippen LogP contribution in [-0.2, 0) is 0 Å². The van der Waals surface area contributed by atoms with Crippen molar-refractivity contribution < 1.29 is 4.42 Å². The van der Waals surface area contributed by atoms with Crippen LogP contribution in [0.1, 0.15) is 0 Å². The highest BCUT2D eigenvalue weighted by atomic mass is 16.3. The third-order valence-corrected chi connectivity index (χ3v) is 8.99. The molecule has 0 saturated carbocycles. The van der Waals surface area contributed by atoms with Crippen LogP contribution in [0.4, 0.5) is 0 Å². The van der Waals surface area contributed by atoms with Gasteiger partial charge in [0.25, 0.3) is 0 Å². The molecule has 0 aliphatic heterocycles. The second-order valence-corrected chi connectivity index (χ2v) is 12.0. The summed E-state index contributed by atoms with van der Waals surface area (Å²) in [4.78, 5) is 14.9. The van der Waals surface area contributed by atoms with Crippen molar-refractivity contribution in [2.75, 3.05) is 0 Å². The molecule has 4 heteroatoms. The number of nitrogens with zero attached hydrogens (tertiary/aromatic N) is 3. The Morgan fingerprint density at radius 2 is 0.673 bits per heavy atom. The summed E-state index contributed by atoms with van der Waals surface area (Å²) in [5, 5.41) is 2.23. The Kier molecular flexibility index (Phi) is 7.10. The van der Waals surface area contributed by atoms with E-state index >= 15 is 0 Å². The Balaban J connectivity index is 1.07. The maximum absolute atomic E-state index is 6.14. The molecule has 0 radical (unpaired) electrons. The SMILES string of the molecule is c1ccc(-c2ccc(-c3ccc(-c4nc(-c5ccccc5)nc(-c5ccc(-c6cccc7oc8ccccc8c67)cc5)n4)cc3)cc2)cc1. The van der Waals surface area contributed by atoms with Gasteiger partial charge in [0.15, 0.2) is 17.5 Å². The molecule has 0 aliphatic rings. The van der Waals surface area contributed by atoms with Gasteiger partial charge in [-0.25, -0.2) is 15.0 Å². The van der Waals surface area contributed by atoms with E-state index in [-0.39, 0.29) is 0 Å². The van der Waals surface area contributed by atoms with Crippen LogP contribution in [0.2, 0.25) is 0 Å². The molecule has 0 atom stereocenters. The predicted molar refractivity (Wildman–Crippen MR) is 200 cm³/mol. The minimum absolute atomic E-state index is 0.628. The normalized spacial score (nSPS) is 11.3. The summed E-state index contributed by atoms with van der Waals surface area (Å²) >= 11 is 0. The standard InChI is InChI=1S/C45H29N3O/c1-3-10-30(11-4-1)31-18-20-32(21-19-31)33-22-26-36(27-23-33)44-46-43(35-12-5-2-6-13-35)47-45(48-44)37-28-24-34(25-29-37)38-15-9-17-41-42(38)39-14-7-8-16-40(39)49-41/h1-29H. The fourth-order valence-corrected chi connectivity index (χ4v) is 6.46. The molecule has 7 aromatic carbocycles. The van der Waals surface area contributed by atoms with Gasteiger partial charge in [-0.05, 0) is 45.5 Å². The van der Waals surface area contributed by atoms with E-state index in [1.165, 1.54) is 11.1 Å². The van der Waals surface area contributed by atoms with Gasteiger partial charge in [-0.1, -0.05) is 164 Å². The van der Waals surface area contributed by atoms with E-state index in [0.29, 0.717) is 17.5 Å². The van der Waals surface area contributed by atoms with Crippen molar-refractivity contribution in [1.82, 2.24) is 15.0 Å². The molecule has 2 aromatic heterocycles. The molecule has 0 bridgehead atoms. The second-order valence-electron chi connectivity index (χ2n) is 12.0. The van der Waals surface area contributed by atoms with Gasteiger partial charge in [0.1, 0.15) is 11.2 Å². The number of hydrogen-bond donors (Lipinski definition) is 0. The average molecular weight is 628 g/mol. The fourth-order valence-electron chi connectivity index (χ4n) is 6.46. The minimum atomic E-state index is 0.628. The van der Waals surface area contributed by atoms with Crippen molar-refractivity contribution in [1.29, 1.82) is 0 Å². The number of rotatable bonds is 6. The van der Waals surface area contributed by atoms with Crippen molar-refractivity contribution in [3.8, 4) is 67.5 Å². The van der Waals surface area contributed by atoms with Crippen molar-refractivity contribution in [3.63, 3.8) is 0 Å². The van der Waals surface area contributed by atoms with Crippen LogP contribution >= 0.6 is 0 Å². The lowest BCUT2D eigenvalue weighted by atomic mass is 9.98. The molecule has 9 rings (SSSR count).